The summed E-state index contributed by atoms with van der Waals surface area (Å²) in [7, 11) is 0. The van der Waals surface area contributed by atoms with Crippen molar-refractivity contribution in [2.24, 2.45) is 11.1 Å². The molecule has 3 aliphatic rings. The lowest BCUT2D eigenvalue weighted by molar-refractivity contribution is -0.144. The molecule has 448 valence electrons. The van der Waals surface area contributed by atoms with E-state index in [0.717, 1.165) is 44.0 Å². The van der Waals surface area contributed by atoms with Crippen molar-refractivity contribution in [2.75, 3.05) is 11.4 Å². The Morgan fingerprint density at radius 1 is 0.871 bits per heavy atom. The zero-order valence-corrected chi connectivity index (χ0v) is 49.6. The first-order valence-corrected chi connectivity index (χ1v) is 29.9. The number of aromatic amines is 1. The fourth-order valence-corrected chi connectivity index (χ4v) is 12.4. The molecule has 0 spiro atoms. The Balaban J connectivity index is 0.749. The number of benzene rings is 4. The van der Waals surface area contributed by atoms with Crippen molar-refractivity contribution in [3.05, 3.63) is 141 Å². The molecule has 6 aromatic rings. The van der Waals surface area contributed by atoms with Crippen LogP contribution in [0.15, 0.2) is 96.5 Å². The maximum Gasteiger partial charge on any atom is 0.335 e. The van der Waals surface area contributed by atoms with Crippen LogP contribution in [-0.4, -0.2) is 121 Å². The van der Waals surface area contributed by atoms with Crippen LogP contribution in [0.2, 0.25) is 0 Å². The Morgan fingerprint density at radius 2 is 1.59 bits per heavy atom. The zero-order valence-electron chi connectivity index (χ0n) is 48.7. The third kappa shape index (κ3) is 14.5. The van der Waals surface area contributed by atoms with E-state index in [2.05, 4.69) is 31.2 Å². The van der Waals surface area contributed by atoms with E-state index in [1.807, 2.05) is 107 Å². The van der Waals surface area contributed by atoms with Gasteiger partial charge in [0, 0.05) is 43.1 Å². The highest BCUT2D eigenvalue weighted by molar-refractivity contribution is 7.13. The average Bonchev–Trinajstić information content (AvgIpc) is 1.82. The maximum absolute atomic E-state index is 14.5. The molecule has 4 aromatic carbocycles. The highest BCUT2D eigenvalue weighted by Gasteiger charge is 2.46. The van der Waals surface area contributed by atoms with E-state index in [-0.39, 0.29) is 80.8 Å². The Hall–Kier alpha value is -8.27. The highest BCUT2D eigenvalue weighted by Crippen LogP contribution is 2.40. The van der Waals surface area contributed by atoms with Gasteiger partial charge >= 0.3 is 5.97 Å². The fourth-order valence-electron chi connectivity index (χ4n) is 11.6. The first kappa shape index (κ1) is 61.3. The fraction of sp³-hybridized carbons (Fsp3) is 0.422. The highest BCUT2D eigenvalue weighted by atomic mass is 32.1. The first-order chi connectivity index (χ1) is 40.5. The summed E-state index contributed by atoms with van der Waals surface area (Å²) in [6.07, 6.45) is 1.80. The van der Waals surface area contributed by atoms with Crippen molar-refractivity contribution in [3.63, 3.8) is 0 Å². The number of aryl methyl sites for hydroxylation is 3. The van der Waals surface area contributed by atoms with Gasteiger partial charge in [-0.3, -0.25) is 38.5 Å². The number of β-amino-alcohol motifs (C(OH)–C–C–N with tert-alkyl or cyclic N) is 1. The number of H-pyrrole nitrogens is 1. The van der Waals surface area contributed by atoms with Gasteiger partial charge in [0.2, 0.25) is 35.4 Å². The second-order valence-corrected chi connectivity index (χ2v) is 24.6. The SMILES string of the molecule is Cc1ncsc1-c1ccc(C(C)NC(=O)[C@@H]2C[C@@H](O)CN2C(=O)C(NC(=O)CCCCc2ccc(COC(C)C(CCC(N)=O)NC(=O)[C@@H]3Cc4cccc5c4N3C(=O)[C@@H](NC(=O)c3cc4cc(C(=O)O)ccc4[nH]3)CC5)cc2)C(C)(C)C)cc1. The molecule has 3 aliphatic heterocycles. The number of amides is 7. The van der Waals surface area contributed by atoms with Crippen LogP contribution in [-0.2, 0) is 59.4 Å². The topological polar surface area (TPSA) is 296 Å². The van der Waals surface area contributed by atoms with Gasteiger partial charge in [-0.05, 0) is 122 Å². The minimum atomic E-state index is -1.10. The van der Waals surface area contributed by atoms with Crippen LogP contribution in [0.4, 0.5) is 5.69 Å². The van der Waals surface area contributed by atoms with E-state index in [1.165, 1.54) is 28.0 Å². The number of carbonyl (C=O) groups is 8. The molecule has 2 aromatic heterocycles. The molecule has 0 aliphatic carbocycles. The van der Waals surface area contributed by atoms with Crippen LogP contribution >= 0.6 is 11.3 Å². The molecular formula is C64H75N9O11S. The van der Waals surface area contributed by atoms with Crippen LogP contribution in [0.5, 0.6) is 0 Å². The number of nitrogens with two attached hydrogens (primary N) is 1. The van der Waals surface area contributed by atoms with Gasteiger partial charge in [-0.15, -0.1) is 11.3 Å². The van der Waals surface area contributed by atoms with E-state index in [9.17, 15) is 48.6 Å². The van der Waals surface area contributed by atoms with Gasteiger partial charge in [0.15, 0.2) is 0 Å². The number of hydrogen-bond donors (Lipinski definition) is 8. The molecule has 1 fully saturated rings. The summed E-state index contributed by atoms with van der Waals surface area (Å²) in [5, 5.41) is 32.6. The molecule has 0 bridgehead atoms. The summed E-state index contributed by atoms with van der Waals surface area (Å²) in [5.74, 6) is -4.20. The Bertz CT molecular complexity index is 3480. The molecule has 4 unspecified atom stereocenters. The number of ether oxygens (including phenoxy) is 1. The number of carboxylic acid groups (broad SMARTS) is 1. The van der Waals surface area contributed by atoms with Crippen LogP contribution < -0.4 is 31.9 Å². The van der Waals surface area contributed by atoms with Crippen LogP contribution in [0.3, 0.4) is 0 Å². The number of nitrogens with zero attached hydrogens (tertiary/aromatic N) is 3. The molecule has 85 heavy (non-hydrogen) atoms. The number of aromatic nitrogens is 2. The molecule has 0 radical (unpaired) electrons. The number of aromatic carboxylic acids is 1. The number of nitrogens with one attached hydrogen (secondary N) is 5. The number of carbonyl (C=O) groups excluding carboxylic acids is 7. The first-order valence-electron chi connectivity index (χ1n) is 29.0. The summed E-state index contributed by atoms with van der Waals surface area (Å²) in [5.41, 5.74) is 14.6. The van der Waals surface area contributed by atoms with E-state index in [0.29, 0.717) is 42.3 Å². The molecule has 21 heteroatoms. The number of rotatable bonds is 23. The van der Waals surface area contributed by atoms with Gasteiger partial charge in [-0.2, -0.15) is 0 Å². The summed E-state index contributed by atoms with van der Waals surface area (Å²) >= 11 is 1.56. The number of unbranched alkanes of at least 4 members (excludes halogenated alkanes) is 1. The zero-order chi connectivity index (χ0) is 60.9. The Kier molecular flexibility index (Phi) is 19.0. The lowest BCUT2D eigenvalue weighted by Crippen LogP contribution is -2.57. The van der Waals surface area contributed by atoms with Gasteiger partial charge < -0.3 is 51.8 Å². The Labute approximate surface area is 497 Å². The van der Waals surface area contributed by atoms with E-state index in [1.54, 1.807) is 24.3 Å². The van der Waals surface area contributed by atoms with Crippen LogP contribution in [0.1, 0.15) is 140 Å². The monoisotopic (exact) mass is 1180 g/mol. The summed E-state index contributed by atoms with van der Waals surface area (Å²) in [6, 6.07) is 22.6. The van der Waals surface area contributed by atoms with Gasteiger partial charge in [-0.25, -0.2) is 9.78 Å². The number of aliphatic hydroxyl groups excluding tert-OH is 1. The molecule has 0 saturated carbocycles. The molecular weight excluding hydrogens is 1100 g/mol. The molecule has 8 atom stereocenters. The minimum absolute atomic E-state index is 0.0265. The number of para-hydroxylation sites is 1. The number of anilines is 1. The second kappa shape index (κ2) is 26.3. The molecule has 9 N–H and O–H groups in total. The molecule has 20 nitrogen and oxygen atoms in total. The van der Waals surface area contributed by atoms with Crippen molar-refractivity contribution in [3.8, 4) is 10.4 Å². The van der Waals surface area contributed by atoms with Crippen molar-refractivity contribution in [2.45, 2.75) is 161 Å². The second-order valence-electron chi connectivity index (χ2n) is 23.7. The third-order valence-electron chi connectivity index (χ3n) is 16.4. The van der Waals surface area contributed by atoms with Crippen molar-refractivity contribution < 1.29 is 53.3 Å². The summed E-state index contributed by atoms with van der Waals surface area (Å²) in [4.78, 5) is 119. The minimum Gasteiger partial charge on any atom is -0.478 e. The van der Waals surface area contributed by atoms with E-state index < -0.39 is 83.3 Å². The van der Waals surface area contributed by atoms with Gasteiger partial charge in [0.25, 0.3) is 5.91 Å². The van der Waals surface area contributed by atoms with E-state index in [4.69, 9.17) is 10.5 Å². The quantitative estimate of drug-likeness (QED) is 0.0310. The third-order valence-corrected chi connectivity index (χ3v) is 17.4. The molecule has 7 amide bonds. The molecule has 9 rings (SSSR count). The number of fused-ring (bicyclic) bond motifs is 1. The normalized spacial score (nSPS) is 18.9. The van der Waals surface area contributed by atoms with E-state index >= 15 is 0 Å². The predicted molar refractivity (Wildman–Crippen MR) is 321 cm³/mol. The van der Waals surface area contributed by atoms with Crippen LogP contribution in [0.25, 0.3) is 21.3 Å². The molecule has 5 heterocycles. The van der Waals surface area contributed by atoms with Crippen molar-refractivity contribution in [1.82, 2.24) is 36.1 Å². The average molecular weight is 1180 g/mol. The number of likely N-dealkylation sites (tertiary alicyclic amines) is 1. The Morgan fingerprint density at radius 3 is 2.28 bits per heavy atom. The molecule has 1 saturated heterocycles. The van der Waals surface area contributed by atoms with Gasteiger partial charge in [-0.1, -0.05) is 87.5 Å². The van der Waals surface area contributed by atoms with Gasteiger partial charge in [0.1, 0.15) is 29.9 Å². The number of thiazole rings is 1. The largest absolute Gasteiger partial charge is 0.478 e. The van der Waals surface area contributed by atoms with Crippen LogP contribution in [0, 0.1) is 12.3 Å². The standard InChI is InChI=1S/C64H75N9O11S/c1-35(40-18-20-42(21-19-40)56-36(2)66-34-85-56)67-59(78)51-31-46(74)32-72(51)62(81)57(64(4,5)6)71-54(76)13-8-7-10-38-14-16-39(17-15-38)33-84-37(3)47(26-27-53(65)75)69-60(79)52-30-43-12-9-11-41-22-25-49(61(80)73(52)55(41)43)70-58(77)50-29-45-28-44(63(82)83)23-24-48(45)68-50/h9,11-12,14-21,23-24,28-29,34-35,37,46-47,49,51-52,57,68,74H,7-8,10,13,22,25-27,30-33H2,1-6H3,(H2,65,75)(H,67,78)(H,69,79)(H,70,77)(H,71,76)(H,82,83)/t35?,37?,46-,47?,49+,51+,52+,57?/m1/s1. The number of primary amides is 1. The maximum atomic E-state index is 14.5. The number of hydrogen-bond acceptors (Lipinski definition) is 12. The summed E-state index contributed by atoms with van der Waals surface area (Å²) in [6.45, 7) is 11.4. The smallest absolute Gasteiger partial charge is 0.335 e. The van der Waals surface area contributed by atoms with Crippen molar-refractivity contribution >= 4 is 75.2 Å². The lowest BCUT2D eigenvalue weighted by Gasteiger charge is -2.35. The lowest BCUT2D eigenvalue weighted by atomic mass is 9.85. The van der Waals surface area contributed by atoms with Gasteiger partial charge in [0.05, 0.1) is 58.2 Å². The number of aliphatic hydroxyl groups is 1. The number of carboxylic acids is 1. The van der Waals surface area contributed by atoms with Crippen molar-refractivity contribution in [1.29, 1.82) is 0 Å². The predicted octanol–water partition coefficient (Wildman–Crippen LogP) is 6.74. The summed E-state index contributed by atoms with van der Waals surface area (Å²) < 4.78 is 6.32.